The first-order valence-electron chi connectivity index (χ1n) is 2.97. The summed E-state index contributed by atoms with van der Waals surface area (Å²) in [6, 6.07) is 3.46. The first-order valence-corrected chi connectivity index (χ1v) is 2.97. The molecule has 68 valence electrons. The second-order valence-corrected chi connectivity index (χ2v) is 1.96. The summed E-state index contributed by atoms with van der Waals surface area (Å²) in [5.41, 5.74) is 6.27. The van der Waals surface area contributed by atoms with Gasteiger partial charge in [-0.1, -0.05) is 0 Å². The first kappa shape index (κ1) is 13.8. The molecule has 0 fully saturated rings. The lowest BCUT2D eigenvalue weighted by molar-refractivity contribution is -0.107. The number of pyridine rings is 1. The summed E-state index contributed by atoms with van der Waals surface area (Å²) in [7, 11) is 0. The van der Waals surface area contributed by atoms with Crippen LogP contribution in [0.5, 0.6) is 0 Å². The zero-order valence-corrected chi connectivity index (χ0v) is 7.90. The van der Waals surface area contributed by atoms with E-state index in [1.54, 1.807) is 18.3 Å². The SMILES string of the molecule is Cl.Cl.Nc1cc(CC=O)ccn1. The Bertz CT molecular complexity index is 243. The highest BCUT2D eigenvalue weighted by atomic mass is 35.5. The van der Waals surface area contributed by atoms with Gasteiger partial charge in [0.25, 0.3) is 0 Å². The third-order valence-corrected chi connectivity index (χ3v) is 1.16. The van der Waals surface area contributed by atoms with Gasteiger partial charge in [0.05, 0.1) is 0 Å². The van der Waals surface area contributed by atoms with Crippen molar-refractivity contribution in [1.29, 1.82) is 0 Å². The van der Waals surface area contributed by atoms with Crippen LogP contribution in [0.3, 0.4) is 0 Å². The molecule has 0 aromatic carbocycles. The minimum absolute atomic E-state index is 0. The molecular weight excluding hydrogens is 199 g/mol. The molecule has 1 aromatic heterocycles. The van der Waals surface area contributed by atoms with Gasteiger partial charge in [-0.15, -0.1) is 24.8 Å². The number of aldehydes is 1. The Morgan fingerprint density at radius 2 is 2.17 bits per heavy atom. The lowest BCUT2D eigenvalue weighted by Gasteiger charge is -1.94. The fraction of sp³-hybridized carbons (Fsp3) is 0.143. The van der Waals surface area contributed by atoms with E-state index in [0.29, 0.717) is 12.2 Å². The Balaban J connectivity index is 0. The van der Waals surface area contributed by atoms with Crippen LogP contribution in [0.2, 0.25) is 0 Å². The maximum atomic E-state index is 10.0. The third-order valence-electron chi connectivity index (χ3n) is 1.16. The van der Waals surface area contributed by atoms with E-state index in [2.05, 4.69) is 4.98 Å². The van der Waals surface area contributed by atoms with Crippen LogP contribution in [-0.2, 0) is 11.2 Å². The van der Waals surface area contributed by atoms with E-state index in [4.69, 9.17) is 5.73 Å². The van der Waals surface area contributed by atoms with Crippen molar-refractivity contribution in [1.82, 2.24) is 4.98 Å². The Hall–Kier alpha value is -0.800. The molecule has 3 nitrogen and oxygen atoms in total. The van der Waals surface area contributed by atoms with Crippen molar-refractivity contribution in [3.8, 4) is 0 Å². The molecule has 0 aliphatic heterocycles. The Morgan fingerprint density at radius 3 is 2.67 bits per heavy atom. The van der Waals surface area contributed by atoms with Gasteiger partial charge in [-0.25, -0.2) is 4.98 Å². The van der Waals surface area contributed by atoms with Crippen LogP contribution in [0, 0.1) is 0 Å². The van der Waals surface area contributed by atoms with Crippen molar-refractivity contribution in [2.45, 2.75) is 6.42 Å². The molecule has 1 rings (SSSR count). The zero-order chi connectivity index (χ0) is 7.40. The number of halogens is 2. The highest BCUT2D eigenvalue weighted by Crippen LogP contribution is 2.01. The maximum absolute atomic E-state index is 10.0. The predicted molar refractivity (Wildman–Crippen MR) is 52.9 cm³/mol. The van der Waals surface area contributed by atoms with E-state index in [1.807, 2.05) is 0 Å². The molecule has 0 aliphatic carbocycles. The molecule has 0 atom stereocenters. The summed E-state index contributed by atoms with van der Waals surface area (Å²) < 4.78 is 0. The molecule has 0 aliphatic rings. The maximum Gasteiger partial charge on any atom is 0.124 e. The third kappa shape index (κ3) is 4.16. The molecule has 0 spiro atoms. The highest BCUT2D eigenvalue weighted by molar-refractivity contribution is 5.85. The van der Waals surface area contributed by atoms with Crippen molar-refractivity contribution in [3.05, 3.63) is 23.9 Å². The first-order chi connectivity index (χ1) is 4.83. The average molecular weight is 209 g/mol. The number of nitrogens with zero attached hydrogens (tertiary/aromatic N) is 1. The lowest BCUT2D eigenvalue weighted by atomic mass is 10.2. The molecule has 0 amide bonds. The van der Waals surface area contributed by atoms with Crippen LogP contribution in [0.25, 0.3) is 0 Å². The monoisotopic (exact) mass is 208 g/mol. The van der Waals surface area contributed by atoms with Gasteiger partial charge in [0.2, 0.25) is 0 Å². The van der Waals surface area contributed by atoms with Crippen molar-refractivity contribution in [2.75, 3.05) is 5.73 Å². The number of nitrogens with two attached hydrogens (primary N) is 1. The summed E-state index contributed by atoms with van der Waals surface area (Å²) in [5, 5.41) is 0. The number of rotatable bonds is 2. The van der Waals surface area contributed by atoms with Gasteiger partial charge in [0.15, 0.2) is 0 Å². The number of hydrogen-bond donors (Lipinski definition) is 1. The minimum atomic E-state index is 0. The fourth-order valence-electron chi connectivity index (χ4n) is 0.718. The second kappa shape index (κ2) is 6.88. The molecule has 0 radical (unpaired) electrons. The van der Waals surface area contributed by atoms with Crippen molar-refractivity contribution < 1.29 is 4.79 Å². The average Bonchev–Trinajstić information content (AvgIpc) is 1.88. The van der Waals surface area contributed by atoms with Crippen LogP contribution in [-0.4, -0.2) is 11.3 Å². The van der Waals surface area contributed by atoms with Crippen molar-refractivity contribution in [3.63, 3.8) is 0 Å². The molecule has 1 heterocycles. The Morgan fingerprint density at radius 1 is 1.50 bits per heavy atom. The van der Waals surface area contributed by atoms with Gasteiger partial charge in [0.1, 0.15) is 12.1 Å². The normalized spacial score (nSPS) is 7.67. The molecule has 2 N–H and O–H groups in total. The fourth-order valence-corrected chi connectivity index (χ4v) is 0.718. The van der Waals surface area contributed by atoms with Crippen LogP contribution in [0.1, 0.15) is 5.56 Å². The minimum Gasteiger partial charge on any atom is -0.384 e. The number of hydrogen-bond acceptors (Lipinski definition) is 3. The van der Waals surface area contributed by atoms with Crippen LogP contribution < -0.4 is 5.73 Å². The Kier molecular flexibility index (Phi) is 7.90. The van der Waals surface area contributed by atoms with E-state index in [0.717, 1.165) is 11.8 Å². The van der Waals surface area contributed by atoms with Gasteiger partial charge >= 0.3 is 0 Å². The van der Waals surface area contributed by atoms with E-state index >= 15 is 0 Å². The summed E-state index contributed by atoms with van der Waals surface area (Å²) >= 11 is 0. The molecular formula is C7H10Cl2N2O. The summed E-state index contributed by atoms with van der Waals surface area (Å²) in [6.45, 7) is 0. The van der Waals surface area contributed by atoms with E-state index < -0.39 is 0 Å². The van der Waals surface area contributed by atoms with E-state index in [-0.39, 0.29) is 24.8 Å². The van der Waals surface area contributed by atoms with Gasteiger partial charge in [0, 0.05) is 12.6 Å². The summed E-state index contributed by atoms with van der Waals surface area (Å²) in [4.78, 5) is 13.8. The molecule has 0 saturated heterocycles. The molecule has 0 saturated carbocycles. The smallest absolute Gasteiger partial charge is 0.124 e. The van der Waals surface area contributed by atoms with Crippen LogP contribution in [0.15, 0.2) is 18.3 Å². The standard InChI is InChI=1S/C7H8N2O.2ClH/c8-7-5-6(2-4-10)1-3-9-7;;/h1,3-5H,2H2,(H2,8,9);2*1H. The quantitative estimate of drug-likeness (QED) is 0.745. The molecule has 1 aromatic rings. The van der Waals surface area contributed by atoms with Crippen molar-refractivity contribution in [2.24, 2.45) is 0 Å². The highest BCUT2D eigenvalue weighted by Gasteiger charge is 1.90. The zero-order valence-electron chi connectivity index (χ0n) is 6.27. The number of carbonyl (C=O) groups excluding carboxylic acids is 1. The van der Waals surface area contributed by atoms with E-state index in [9.17, 15) is 4.79 Å². The molecule has 12 heavy (non-hydrogen) atoms. The largest absolute Gasteiger partial charge is 0.384 e. The summed E-state index contributed by atoms with van der Waals surface area (Å²) in [6.07, 6.45) is 2.84. The number of nitrogen functional groups attached to an aromatic ring is 1. The second-order valence-electron chi connectivity index (χ2n) is 1.96. The number of aromatic nitrogens is 1. The van der Waals surface area contributed by atoms with Crippen molar-refractivity contribution >= 4 is 36.9 Å². The van der Waals surface area contributed by atoms with Crippen LogP contribution in [0.4, 0.5) is 5.82 Å². The lowest BCUT2D eigenvalue weighted by Crippen LogP contribution is -1.92. The number of carbonyl (C=O) groups is 1. The molecule has 5 heteroatoms. The summed E-state index contributed by atoms with van der Waals surface area (Å²) in [5.74, 6) is 0.458. The van der Waals surface area contributed by atoms with E-state index in [1.165, 1.54) is 0 Å². The van der Waals surface area contributed by atoms with Gasteiger partial charge in [-0.2, -0.15) is 0 Å². The topological polar surface area (TPSA) is 56.0 Å². The van der Waals surface area contributed by atoms with Gasteiger partial charge in [-0.05, 0) is 17.7 Å². The van der Waals surface area contributed by atoms with Gasteiger partial charge < -0.3 is 10.5 Å². The Labute approximate surface area is 83.2 Å². The van der Waals surface area contributed by atoms with Gasteiger partial charge in [-0.3, -0.25) is 0 Å². The molecule has 0 unspecified atom stereocenters. The van der Waals surface area contributed by atoms with Crippen LogP contribution >= 0.6 is 24.8 Å². The number of anilines is 1. The molecule has 0 bridgehead atoms. The predicted octanol–water partition coefficient (Wildman–Crippen LogP) is 1.25.